The third-order valence-electron chi connectivity index (χ3n) is 3.18. The van der Waals surface area contributed by atoms with Crippen LogP contribution in [0, 0.1) is 6.92 Å². The number of aromatic nitrogens is 1. The van der Waals surface area contributed by atoms with E-state index in [-0.39, 0.29) is 12.3 Å². The fourth-order valence-electron chi connectivity index (χ4n) is 2.16. The van der Waals surface area contributed by atoms with Crippen LogP contribution in [-0.4, -0.2) is 28.6 Å². The number of amides is 2. The van der Waals surface area contributed by atoms with Gasteiger partial charge in [0.05, 0.1) is 6.20 Å². The predicted octanol–water partition coefficient (Wildman–Crippen LogP) is 3.06. The number of rotatable bonds is 5. The molecule has 2 amide bonds. The van der Waals surface area contributed by atoms with Crippen molar-refractivity contribution in [2.45, 2.75) is 45.8 Å². The third-order valence-corrected chi connectivity index (χ3v) is 3.18. The second-order valence-corrected chi connectivity index (χ2v) is 6.73. The molecule has 1 atom stereocenters. The average Bonchev–Trinajstić information content (AvgIpc) is 2.97. The fraction of sp³-hybridized carbons (Fsp3) is 0.389. The van der Waals surface area contributed by atoms with Gasteiger partial charge in [0.2, 0.25) is 5.91 Å². The average molecular weight is 345 g/mol. The number of ether oxygens (including phenoxy) is 1. The highest BCUT2D eigenvalue weighted by Crippen LogP contribution is 2.12. The van der Waals surface area contributed by atoms with Gasteiger partial charge in [-0.05, 0) is 45.4 Å². The fourth-order valence-corrected chi connectivity index (χ4v) is 2.16. The molecule has 25 heavy (non-hydrogen) atoms. The molecule has 0 saturated carbocycles. The zero-order valence-electron chi connectivity index (χ0n) is 14.8. The van der Waals surface area contributed by atoms with Crippen LogP contribution in [0.3, 0.4) is 0 Å². The van der Waals surface area contributed by atoms with Crippen molar-refractivity contribution in [3.63, 3.8) is 0 Å². The monoisotopic (exact) mass is 345 g/mol. The molecule has 0 aliphatic heterocycles. The summed E-state index contributed by atoms with van der Waals surface area (Å²) in [5.74, 6) is 0.119. The van der Waals surface area contributed by atoms with Crippen molar-refractivity contribution in [2.75, 3.05) is 5.32 Å². The Morgan fingerprint density at radius 3 is 2.68 bits per heavy atom. The van der Waals surface area contributed by atoms with Crippen LogP contribution in [0.15, 0.2) is 41.3 Å². The first kappa shape index (κ1) is 18.5. The molecule has 0 saturated heterocycles. The predicted molar refractivity (Wildman–Crippen MR) is 93.2 cm³/mol. The standard InChI is InChI=1S/C18H23N3O4/c1-12-6-5-7-13(8-12)20-16(22)15(9-14-10-19-11-24-14)21-17(23)25-18(2,3)4/h5-8,10-11,15H,9H2,1-4H3,(H,20,22)(H,21,23). The lowest BCUT2D eigenvalue weighted by molar-refractivity contribution is -0.118. The molecule has 7 heteroatoms. The molecule has 1 aromatic heterocycles. The van der Waals surface area contributed by atoms with E-state index in [9.17, 15) is 9.59 Å². The van der Waals surface area contributed by atoms with Crippen LogP contribution in [0.25, 0.3) is 0 Å². The lowest BCUT2D eigenvalue weighted by Gasteiger charge is -2.23. The molecule has 0 spiro atoms. The van der Waals surface area contributed by atoms with Gasteiger partial charge in [0.1, 0.15) is 17.4 Å². The minimum atomic E-state index is -0.858. The Hall–Kier alpha value is -2.83. The molecule has 2 N–H and O–H groups in total. The Morgan fingerprint density at radius 1 is 1.32 bits per heavy atom. The Kier molecular flexibility index (Phi) is 5.80. The number of alkyl carbamates (subject to hydrolysis) is 1. The number of carbonyl (C=O) groups is 2. The second-order valence-electron chi connectivity index (χ2n) is 6.73. The van der Waals surface area contributed by atoms with Gasteiger partial charge < -0.3 is 19.8 Å². The van der Waals surface area contributed by atoms with Crippen molar-refractivity contribution in [1.29, 1.82) is 0 Å². The zero-order valence-corrected chi connectivity index (χ0v) is 14.8. The normalized spacial score (nSPS) is 12.3. The van der Waals surface area contributed by atoms with Crippen molar-refractivity contribution in [3.05, 3.63) is 48.2 Å². The number of benzene rings is 1. The highest BCUT2D eigenvalue weighted by atomic mass is 16.6. The Bertz CT molecular complexity index is 720. The van der Waals surface area contributed by atoms with E-state index in [1.807, 2.05) is 25.1 Å². The van der Waals surface area contributed by atoms with Crippen LogP contribution >= 0.6 is 0 Å². The molecular weight excluding hydrogens is 322 g/mol. The third kappa shape index (κ3) is 6.29. The van der Waals surface area contributed by atoms with E-state index in [0.29, 0.717) is 11.4 Å². The van der Waals surface area contributed by atoms with Gasteiger partial charge in [-0.3, -0.25) is 4.79 Å². The SMILES string of the molecule is Cc1cccc(NC(=O)C(Cc2cnco2)NC(=O)OC(C)(C)C)c1. The molecule has 134 valence electrons. The highest BCUT2D eigenvalue weighted by Gasteiger charge is 2.25. The lowest BCUT2D eigenvalue weighted by Crippen LogP contribution is -2.47. The zero-order chi connectivity index (χ0) is 18.4. The van der Waals surface area contributed by atoms with Crippen molar-refractivity contribution in [3.8, 4) is 0 Å². The number of oxazole rings is 1. The van der Waals surface area contributed by atoms with Crippen LogP contribution in [0.1, 0.15) is 32.1 Å². The number of hydrogen-bond donors (Lipinski definition) is 2. The minimum absolute atomic E-state index is 0.164. The Labute approximate surface area is 146 Å². The summed E-state index contributed by atoms with van der Waals surface area (Å²) < 4.78 is 10.4. The first-order valence-corrected chi connectivity index (χ1v) is 7.97. The van der Waals surface area contributed by atoms with Crippen LogP contribution in [-0.2, 0) is 16.0 Å². The van der Waals surface area contributed by atoms with E-state index in [1.165, 1.54) is 12.6 Å². The van der Waals surface area contributed by atoms with Gasteiger partial charge in [-0.15, -0.1) is 0 Å². The molecule has 2 rings (SSSR count). The van der Waals surface area contributed by atoms with E-state index in [1.54, 1.807) is 26.8 Å². The first-order chi connectivity index (χ1) is 11.7. The van der Waals surface area contributed by atoms with E-state index in [4.69, 9.17) is 9.15 Å². The molecule has 0 radical (unpaired) electrons. The van der Waals surface area contributed by atoms with E-state index < -0.39 is 17.7 Å². The van der Waals surface area contributed by atoms with Gasteiger partial charge in [-0.25, -0.2) is 9.78 Å². The number of nitrogens with zero attached hydrogens (tertiary/aromatic N) is 1. The molecule has 1 aromatic carbocycles. The minimum Gasteiger partial charge on any atom is -0.448 e. The van der Waals surface area contributed by atoms with Crippen molar-refractivity contribution >= 4 is 17.7 Å². The molecule has 2 aromatic rings. The van der Waals surface area contributed by atoms with E-state index >= 15 is 0 Å². The highest BCUT2D eigenvalue weighted by molar-refractivity contribution is 5.96. The maximum Gasteiger partial charge on any atom is 0.408 e. The van der Waals surface area contributed by atoms with Crippen molar-refractivity contribution in [1.82, 2.24) is 10.3 Å². The number of nitrogens with one attached hydrogen (secondary N) is 2. The van der Waals surface area contributed by atoms with Gasteiger partial charge in [0, 0.05) is 12.1 Å². The van der Waals surface area contributed by atoms with Crippen molar-refractivity contribution in [2.24, 2.45) is 0 Å². The number of carbonyl (C=O) groups excluding carboxylic acids is 2. The van der Waals surface area contributed by atoms with Crippen molar-refractivity contribution < 1.29 is 18.7 Å². The van der Waals surface area contributed by atoms with Gasteiger partial charge >= 0.3 is 6.09 Å². The van der Waals surface area contributed by atoms with E-state index in [2.05, 4.69) is 15.6 Å². The summed E-state index contributed by atoms with van der Waals surface area (Å²) >= 11 is 0. The topological polar surface area (TPSA) is 93.5 Å². The maximum atomic E-state index is 12.6. The van der Waals surface area contributed by atoms with Gasteiger partial charge in [0.15, 0.2) is 6.39 Å². The number of aryl methyl sites for hydroxylation is 1. The first-order valence-electron chi connectivity index (χ1n) is 7.97. The van der Waals surface area contributed by atoms with Crippen LogP contribution < -0.4 is 10.6 Å². The molecule has 0 aliphatic rings. The van der Waals surface area contributed by atoms with Crippen LogP contribution in [0.2, 0.25) is 0 Å². The summed E-state index contributed by atoms with van der Waals surface area (Å²) in [6.07, 6.45) is 2.27. The molecule has 1 unspecified atom stereocenters. The van der Waals surface area contributed by atoms with Crippen LogP contribution in [0.4, 0.5) is 10.5 Å². The molecule has 0 aliphatic carbocycles. The smallest absolute Gasteiger partial charge is 0.408 e. The molecule has 0 bridgehead atoms. The number of hydrogen-bond acceptors (Lipinski definition) is 5. The van der Waals surface area contributed by atoms with E-state index in [0.717, 1.165) is 5.56 Å². The van der Waals surface area contributed by atoms with Crippen LogP contribution in [0.5, 0.6) is 0 Å². The Morgan fingerprint density at radius 2 is 2.08 bits per heavy atom. The van der Waals surface area contributed by atoms with Gasteiger partial charge in [-0.2, -0.15) is 0 Å². The Balaban J connectivity index is 2.09. The molecule has 1 heterocycles. The summed E-state index contributed by atoms with van der Waals surface area (Å²) in [6.45, 7) is 7.20. The number of anilines is 1. The largest absolute Gasteiger partial charge is 0.448 e. The summed E-state index contributed by atoms with van der Waals surface area (Å²) in [6, 6.07) is 6.54. The second kappa shape index (κ2) is 7.83. The maximum absolute atomic E-state index is 12.6. The summed E-state index contributed by atoms with van der Waals surface area (Å²) in [4.78, 5) is 28.5. The van der Waals surface area contributed by atoms with Gasteiger partial charge in [0.25, 0.3) is 0 Å². The quantitative estimate of drug-likeness (QED) is 0.869. The molecular formula is C18H23N3O4. The molecule has 7 nitrogen and oxygen atoms in total. The summed E-state index contributed by atoms with van der Waals surface area (Å²) in [5.41, 5.74) is 1.01. The van der Waals surface area contributed by atoms with Gasteiger partial charge in [-0.1, -0.05) is 12.1 Å². The molecule has 0 fully saturated rings. The summed E-state index contributed by atoms with van der Waals surface area (Å²) in [5, 5.41) is 5.38. The lowest BCUT2D eigenvalue weighted by atomic mass is 10.1. The summed E-state index contributed by atoms with van der Waals surface area (Å²) in [7, 11) is 0.